The van der Waals surface area contributed by atoms with E-state index in [0.717, 1.165) is 0 Å². The number of rotatable bonds is 4. The molecule has 0 saturated heterocycles. The minimum atomic E-state index is -1.04. The van der Waals surface area contributed by atoms with Gasteiger partial charge in [-0.05, 0) is 36.6 Å². The zero-order valence-electron chi connectivity index (χ0n) is 10.5. The van der Waals surface area contributed by atoms with Crippen molar-refractivity contribution in [2.75, 3.05) is 0 Å². The number of hydrogen-bond acceptors (Lipinski definition) is 2. The summed E-state index contributed by atoms with van der Waals surface area (Å²) in [7, 11) is 0. The Labute approximate surface area is 111 Å². The van der Waals surface area contributed by atoms with Crippen LogP contribution >= 0.6 is 11.6 Å². The molecule has 0 heterocycles. The lowest BCUT2D eigenvalue weighted by Gasteiger charge is -2.18. The Morgan fingerprint density at radius 3 is 2.39 bits per heavy atom. The van der Waals surface area contributed by atoms with Crippen molar-refractivity contribution in [2.24, 2.45) is 5.92 Å². The number of carbonyl (C=O) groups excluding carboxylic acids is 1. The normalized spacial score (nSPS) is 12.3. The number of hydrogen-bond donors (Lipinski definition) is 2. The Morgan fingerprint density at radius 1 is 1.33 bits per heavy atom. The first-order valence-corrected chi connectivity index (χ1v) is 6.00. The van der Waals surface area contributed by atoms with Crippen LogP contribution < -0.4 is 5.32 Å². The number of benzene rings is 1. The van der Waals surface area contributed by atoms with Gasteiger partial charge in [0.2, 0.25) is 0 Å². The lowest BCUT2D eigenvalue weighted by Crippen LogP contribution is -2.44. The van der Waals surface area contributed by atoms with Gasteiger partial charge in [0.1, 0.15) is 6.04 Å². The third kappa shape index (κ3) is 3.47. The molecule has 0 saturated carbocycles. The van der Waals surface area contributed by atoms with Crippen molar-refractivity contribution in [3.05, 3.63) is 34.3 Å². The average Bonchev–Trinajstić information content (AvgIpc) is 2.24. The molecule has 0 aliphatic heterocycles. The second kappa shape index (κ2) is 5.87. The summed E-state index contributed by atoms with van der Waals surface area (Å²) >= 11 is 5.80. The number of aliphatic carboxylic acids is 1. The first-order valence-electron chi connectivity index (χ1n) is 5.62. The van der Waals surface area contributed by atoms with Crippen molar-refractivity contribution in [1.29, 1.82) is 0 Å². The van der Waals surface area contributed by atoms with E-state index in [9.17, 15) is 9.59 Å². The molecule has 0 aromatic heterocycles. The molecule has 1 rings (SSSR count). The fourth-order valence-electron chi connectivity index (χ4n) is 1.61. The highest BCUT2D eigenvalue weighted by molar-refractivity contribution is 6.30. The largest absolute Gasteiger partial charge is 0.480 e. The van der Waals surface area contributed by atoms with Crippen LogP contribution in [0.2, 0.25) is 5.02 Å². The number of nitrogens with one attached hydrogen (secondary N) is 1. The molecule has 1 aromatic carbocycles. The highest BCUT2D eigenvalue weighted by Gasteiger charge is 2.24. The van der Waals surface area contributed by atoms with Crippen molar-refractivity contribution < 1.29 is 14.7 Å². The van der Waals surface area contributed by atoms with E-state index in [0.29, 0.717) is 16.1 Å². The van der Waals surface area contributed by atoms with Crippen molar-refractivity contribution in [1.82, 2.24) is 5.32 Å². The number of amides is 1. The molecule has 0 fully saturated rings. The van der Waals surface area contributed by atoms with Gasteiger partial charge >= 0.3 is 5.97 Å². The van der Waals surface area contributed by atoms with Crippen LogP contribution in [0, 0.1) is 12.8 Å². The zero-order valence-corrected chi connectivity index (χ0v) is 11.3. The second-order valence-electron chi connectivity index (χ2n) is 4.49. The predicted octanol–water partition coefficient (Wildman–Crippen LogP) is 2.49. The smallest absolute Gasteiger partial charge is 0.326 e. The minimum absolute atomic E-state index is 0.181. The Hall–Kier alpha value is -1.55. The molecule has 1 aromatic rings. The third-order valence-electron chi connectivity index (χ3n) is 2.65. The summed E-state index contributed by atoms with van der Waals surface area (Å²) in [5.74, 6) is -1.62. The van der Waals surface area contributed by atoms with Gasteiger partial charge < -0.3 is 10.4 Å². The van der Waals surface area contributed by atoms with E-state index in [1.807, 2.05) is 0 Å². The Kier molecular flexibility index (Phi) is 4.73. The van der Waals surface area contributed by atoms with E-state index < -0.39 is 17.9 Å². The van der Waals surface area contributed by atoms with Crippen molar-refractivity contribution >= 4 is 23.5 Å². The van der Waals surface area contributed by atoms with Crippen LogP contribution in [0.1, 0.15) is 29.8 Å². The number of carbonyl (C=O) groups is 2. The molecule has 0 spiro atoms. The van der Waals surface area contributed by atoms with Gasteiger partial charge in [-0.15, -0.1) is 0 Å². The summed E-state index contributed by atoms with van der Waals surface area (Å²) < 4.78 is 0. The van der Waals surface area contributed by atoms with Gasteiger partial charge in [-0.3, -0.25) is 4.79 Å². The summed E-state index contributed by atoms with van der Waals surface area (Å²) in [5, 5.41) is 12.1. The van der Waals surface area contributed by atoms with Crippen LogP contribution in [0.15, 0.2) is 18.2 Å². The monoisotopic (exact) mass is 269 g/mol. The van der Waals surface area contributed by atoms with Gasteiger partial charge in [0.25, 0.3) is 5.91 Å². The molecule has 0 aliphatic carbocycles. The van der Waals surface area contributed by atoms with Gasteiger partial charge in [-0.2, -0.15) is 0 Å². The molecule has 4 nitrogen and oxygen atoms in total. The molecule has 0 radical (unpaired) electrons. The molecule has 0 unspecified atom stereocenters. The van der Waals surface area contributed by atoms with Crippen LogP contribution in [0.3, 0.4) is 0 Å². The van der Waals surface area contributed by atoms with E-state index in [4.69, 9.17) is 16.7 Å². The minimum Gasteiger partial charge on any atom is -0.480 e. The van der Waals surface area contributed by atoms with Gasteiger partial charge in [0.05, 0.1) is 0 Å². The van der Waals surface area contributed by atoms with Crippen LogP contribution in [-0.2, 0) is 4.79 Å². The van der Waals surface area contributed by atoms with Gasteiger partial charge in [0.15, 0.2) is 0 Å². The molecule has 1 amide bonds. The van der Waals surface area contributed by atoms with Gasteiger partial charge in [-0.25, -0.2) is 4.79 Å². The molecule has 1 atom stereocenters. The SMILES string of the molecule is Cc1cc(Cl)ccc1C(=O)N[C@@H](C(=O)O)C(C)C. The molecule has 2 N–H and O–H groups in total. The fraction of sp³-hybridized carbons (Fsp3) is 0.385. The van der Waals surface area contributed by atoms with Gasteiger partial charge in [-0.1, -0.05) is 25.4 Å². The maximum Gasteiger partial charge on any atom is 0.326 e. The molecule has 5 heteroatoms. The molecular weight excluding hydrogens is 254 g/mol. The van der Waals surface area contributed by atoms with E-state index in [1.165, 1.54) is 0 Å². The maximum absolute atomic E-state index is 12.0. The zero-order chi connectivity index (χ0) is 13.9. The number of carboxylic acid groups (broad SMARTS) is 1. The Balaban J connectivity index is 2.91. The quantitative estimate of drug-likeness (QED) is 0.882. The van der Waals surface area contributed by atoms with Crippen LogP contribution in [0.25, 0.3) is 0 Å². The lowest BCUT2D eigenvalue weighted by molar-refractivity contribution is -0.140. The molecule has 0 aliphatic rings. The fourth-order valence-corrected chi connectivity index (χ4v) is 1.84. The topological polar surface area (TPSA) is 66.4 Å². The summed E-state index contributed by atoms with van der Waals surface area (Å²) in [6.07, 6.45) is 0. The predicted molar refractivity (Wildman–Crippen MR) is 69.9 cm³/mol. The summed E-state index contributed by atoms with van der Waals surface area (Å²) in [4.78, 5) is 23.0. The maximum atomic E-state index is 12.0. The van der Waals surface area contributed by atoms with Crippen LogP contribution in [0.4, 0.5) is 0 Å². The van der Waals surface area contributed by atoms with Crippen LogP contribution in [-0.4, -0.2) is 23.0 Å². The number of halogens is 1. The van der Waals surface area contributed by atoms with Crippen molar-refractivity contribution in [3.63, 3.8) is 0 Å². The average molecular weight is 270 g/mol. The number of carboxylic acids is 1. The van der Waals surface area contributed by atoms with E-state index >= 15 is 0 Å². The first-order chi connectivity index (χ1) is 8.32. The number of aryl methyl sites for hydroxylation is 1. The Bertz CT molecular complexity index is 471. The lowest BCUT2D eigenvalue weighted by atomic mass is 10.0. The summed E-state index contributed by atoms with van der Waals surface area (Å²) in [5.41, 5.74) is 1.15. The van der Waals surface area contributed by atoms with Gasteiger partial charge in [0, 0.05) is 10.6 Å². The van der Waals surface area contributed by atoms with E-state index in [2.05, 4.69) is 5.32 Å². The van der Waals surface area contributed by atoms with Crippen molar-refractivity contribution in [2.45, 2.75) is 26.8 Å². The first kappa shape index (κ1) is 14.5. The highest BCUT2D eigenvalue weighted by atomic mass is 35.5. The van der Waals surface area contributed by atoms with E-state index in [1.54, 1.807) is 39.0 Å². The standard InChI is InChI=1S/C13H16ClNO3/c1-7(2)11(13(17)18)15-12(16)10-5-4-9(14)6-8(10)3/h4-7,11H,1-3H3,(H,15,16)(H,17,18)/t11-/m1/s1. The molecule has 0 bridgehead atoms. The molecular formula is C13H16ClNO3. The summed E-state index contributed by atoms with van der Waals surface area (Å²) in [6.45, 7) is 5.24. The molecule has 18 heavy (non-hydrogen) atoms. The van der Waals surface area contributed by atoms with Crippen LogP contribution in [0.5, 0.6) is 0 Å². The Morgan fingerprint density at radius 2 is 1.94 bits per heavy atom. The molecule has 98 valence electrons. The second-order valence-corrected chi connectivity index (χ2v) is 4.93. The van der Waals surface area contributed by atoms with E-state index in [-0.39, 0.29) is 5.92 Å². The third-order valence-corrected chi connectivity index (χ3v) is 2.89. The summed E-state index contributed by atoms with van der Waals surface area (Å²) in [6, 6.07) is 3.97. The highest BCUT2D eigenvalue weighted by Crippen LogP contribution is 2.15. The van der Waals surface area contributed by atoms with Crippen molar-refractivity contribution in [3.8, 4) is 0 Å².